The SMILES string of the molecule is Cc1nn(C)c(Cl)c1[C@@H]1CCCN1C(=O)c1ccc2cc[nH]c2c1. The predicted octanol–water partition coefficient (Wildman–Crippen LogP) is 3.84. The summed E-state index contributed by atoms with van der Waals surface area (Å²) in [4.78, 5) is 18.2. The summed E-state index contributed by atoms with van der Waals surface area (Å²) in [6.07, 6.45) is 3.78. The third-order valence-corrected chi connectivity index (χ3v) is 5.29. The molecule has 0 spiro atoms. The number of aromatic nitrogens is 3. The second-order valence-electron chi connectivity index (χ2n) is 6.35. The van der Waals surface area contributed by atoms with Gasteiger partial charge < -0.3 is 9.88 Å². The summed E-state index contributed by atoms with van der Waals surface area (Å²) in [5.41, 5.74) is 3.56. The maximum atomic E-state index is 13.1. The number of H-pyrrole nitrogens is 1. The average Bonchev–Trinajstić information content (AvgIpc) is 3.26. The highest BCUT2D eigenvalue weighted by Gasteiger charge is 2.34. The topological polar surface area (TPSA) is 53.9 Å². The maximum Gasteiger partial charge on any atom is 0.254 e. The van der Waals surface area contributed by atoms with Crippen LogP contribution in [0.5, 0.6) is 0 Å². The first kappa shape index (κ1) is 15.3. The highest BCUT2D eigenvalue weighted by atomic mass is 35.5. The highest BCUT2D eigenvalue weighted by molar-refractivity contribution is 6.30. The number of benzene rings is 1. The molecule has 0 aliphatic carbocycles. The van der Waals surface area contributed by atoms with Crippen molar-refractivity contribution >= 4 is 28.4 Å². The molecular formula is C18H19ClN4O. The number of amides is 1. The number of hydrogen-bond donors (Lipinski definition) is 1. The number of nitrogens with one attached hydrogen (secondary N) is 1. The molecule has 124 valence electrons. The molecule has 24 heavy (non-hydrogen) atoms. The van der Waals surface area contributed by atoms with Gasteiger partial charge in [-0.1, -0.05) is 17.7 Å². The van der Waals surface area contributed by atoms with Gasteiger partial charge in [0.25, 0.3) is 5.91 Å². The van der Waals surface area contributed by atoms with Crippen molar-refractivity contribution in [3.63, 3.8) is 0 Å². The van der Waals surface area contributed by atoms with Gasteiger partial charge in [-0.3, -0.25) is 9.48 Å². The normalized spacial score (nSPS) is 17.8. The van der Waals surface area contributed by atoms with Gasteiger partial charge in [-0.25, -0.2) is 0 Å². The maximum absolute atomic E-state index is 13.1. The number of carbonyl (C=O) groups excluding carboxylic acids is 1. The van der Waals surface area contributed by atoms with Crippen LogP contribution in [0.1, 0.15) is 40.5 Å². The van der Waals surface area contributed by atoms with Crippen LogP contribution < -0.4 is 0 Å². The molecule has 3 aromatic rings. The first-order valence-corrected chi connectivity index (χ1v) is 8.51. The third kappa shape index (κ3) is 2.31. The number of hydrogen-bond acceptors (Lipinski definition) is 2. The monoisotopic (exact) mass is 342 g/mol. The first-order chi connectivity index (χ1) is 11.6. The molecule has 0 saturated carbocycles. The lowest BCUT2D eigenvalue weighted by atomic mass is 10.0. The van der Waals surface area contributed by atoms with E-state index in [1.54, 1.807) is 4.68 Å². The van der Waals surface area contributed by atoms with Gasteiger partial charge >= 0.3 is 0 Å². The van der Waals surface area contributed by atoms with Crippen LogP contribution in [0.15, 0.2) is 30.5 Å². The second kappa shape index (κ2) is 5.67. The van der Waals surface area contributed by atoms with Gasteiger partial charge in [-0.05, 0) is 43.4 Å². The Morgan fingerprint density at radius 1 is 1.38 bits per heavy atom. The van der Waals surface area contributed by atoms with E-state index in [0.29, 0.717) is 10.7 Å². The van der Waals surface area contributed by atoms with E-state index in [-0.39, 0.29) is 11.9 Å². The Hall–Kier alpha value is -2.27. The molecule has 3 heterocycles. The zero-order valence-electron chi connectivity index (χ0n) is 13.7. The molecule has 1 aliphatic rings. The van der Waals surface area contributed by atoms with E-state index < -0.39 is 0 Å². The van der Waals surface area contributed by atoms with Crippen molar-refractivity contribution in [3.05, 3.63) is 52.4 Å². The zero-order chi connectivity index (χ0) is 16.8. The van der Waals surface area contributed by atoms with Crippen molar-refractivity contribution in [1.29, 1.82) is 0 Å². The van der Waals surface area contributed by atoms with Crippen LogP contribution in [-0.2, 0) is 7.05 Å². The molecule has 1 amide bonds. The number of nitrogens with zero attached hydrogens (tertiary/aromatic N) is 3. The summed E-state index contributed by atoms with van der Waals surface area (Å²) in [5, 5.41) is 6.13. The quantitative estimate of drug-likeness (QED) is 0.769. The number of likely N-dealkylation sites (tertiary alicyclic amines) is 1. The Morgan fingerprint density at radius 3 is 2.96 bits per heavy atom. The molecule has 1 atom stereocenters. The lowest BCUT2D eigenvalue weighted by Crippen LogP contribution is -2.30. The van der Waals surface area contributed by atoms with Gasteiger partial charge in [0.2, 0.25) is 0 Å². The molecule has 1 fully saturated rings. The summed E-state index contributed by atoms with van der Waals surface area (Å²) >= 11 is 6.43. The van der Waals surface area contributed by atoms with E-state index in [9.17, 15) is 4.79 Å². The number of rotatable bonds is 2. The lowest BCUT2D eigenvalue weighted by molar-refractivity contribution is 0.0735. The Kier molecular flexibility index (Phi) is 3.61. The van der Waals surface area contributed by atoms with Crippen LogP contribution in [0.2, 0.25) is 5.15 Å². The van der Waals surface area contributed by atoms with Gasteiger partial charge in [0.15, 0.2) is 0 Å². The van der Waals surface area contributed by atoms with Crippen molar-refractivity contribution in [3.8, 4) is 0 Å². The minimum Gasteiger partial charge on any atom is -0.361 e. The summed E-state index contributed by atoms with van der Waals surface area (Å²) in [6.45, 7) is 2.70. The molecule has 1 aliphatic heterocycles. The molecule has 0 radical (unpaired) electrons. The molecule has 6 heteroatoms. The lowest BCUT2D eigenvalue weighted by Gasteiger charge is -2.25. The standard InChI is InChI=1S/C18H19ClN4O/c1-11-16(17(19)22(2)21-11)15-4-3-9-23(15)18(24)13-6-5-12-7-8-20-14(12)10-13/h5-8,10,15,20H,3-4,9H2,1-2H3/t15-/m0/s1. The predicted molar refractivity (Wildman–Crippen MR) is 94.3 cm³/mol. The fraction of sp³-hybridized carbons (Fsp3) is 0.333. The van der Waals surface area contributed by atoms with Crippen LogP contribution in [0.4, 0.5) is 0 Å². The average molecular weight is 343 g/mol. The first-order valence-electron chi connectivity index (χ1n) is 8.13. The Bertz CT molecular complexity index is 926. The summed E-state index contributed by atoms with van der Waals surface area (Å²) in [6, 6.07) is 7.79. The van der Waals surface area contributed by atoms with Gasteiger partial charge in [0, 0.05) is 36.4 Å². The molecular weight excluding hydrogens is 324 g/mol. The molecule has 5 nitrogen and oxygen atoms in total. The summed E-state index contributed by atoms with van der Waals surface area (Å²) in [7, 11) is 1.83. The van der Waals surface area contributed by atoms with E-state index in [1.165, 1.54) is 0 Å². The van der Waals surface area contributed by atoms with Crippen LogP contribution in [0, 0.1) is 6.92 Å². The van der Waals surface area contributed by atoms with E-state index in [2.05, 4.69) is 10.1 Å². The van der Waals surface area contributed by atoms with Crippen molar-refractivity contribution < 1.29 is 4.79 Å². The molecule has 0 unspecified atom stereocenters. The van der Waals surface area contributed by atoms with Crippen LogP contribution in [-0.4, -0.2) is 32.1 Å². The highest BCUT2D eigenvalue weighted by Crippen LogP contribution is 2.38. The number of aryl methyl sites for hydroxylation is 2. The fourth-order valence-electron chi connectivity index (χ4n) is 3.68. The molecule has 1 aromatic carbocycles. The van der Waals surface area contributed by atoms with Crippen molar-refractivity contribution in [2.75, 3.05) is 6.54 Å². The summed E-state index contributed by atoms with van der Waals surface area (Å²) in [5.74, 6) is 0.0494. The van der Waals surface area contributed by atoms with E-state index in [1.807, 2.05) is 49.3 Å². The molecule has 4 rings (SSSR count). The van der Waals surface area contributed by atoms with Gasteiger partial charge in [-0.2, -0.15) is 5.10 Å². The summed E-state index contributed by atoms with van der Waals surface area (Å²) < 4.78 is 1.68. The van der Waals surface area contributed by atoms with Crippen molar-refractivity contribution in [2.45, 2.75) is 25.8 Å². The molecule has 1 N–H and O–H groups in total. The van der Waals surface area contributed by atoms with Crippen LogP contribution in [0.3, 0.4) is 0 Å². The molecule has 1 saturated heterocycles. The molecule has 2 aromatic heterocycles. The number of halogens is 1. The second-order valence-corrected chi connectivity index (χ2v) is 6.71. The number of carbonyl (C=O) groups is 1. The third-order valence-electron chi connectivity index (χ3n) is 4.85. The van der Waals surface area contributed by atoms with Crippen molar-refractivity contribution in [1.82, 2.24) is 19.7 Å². The largest absolute Gasteiger partial charge is 0.361 e. The Balaban J connectivity index is 1.70. The van der Waals surface area contributed by atoms with Gasteiger partial charge in [0.1, 0.15) is 5.15 Å². The zero-order valence-corrected chi connectivity index (χ0v) is 14.5. The number of aromatic amines is 1. The van der Waals surface area contributed by atoms with E-state index in [4.69, 9.17) is 11.6 Å². The molecule has 0 bridgehead atoms. The van der Waals surface area contributed by atoms with E-state index in [0.717, 1.165) is 41.5 Å². The fourth-order valence-corrected chi connectivity index (χ4v) is 3.98. The van der Waals surface area contributed by atoms with E-state index >= 15 is 0 Å². The number of fused-ring (bicyclic) bond motifs is 1. The van der Waals surface area contributed by atoms with Gasteiger partial charge in [0.05, 0.1) is 11.7 Å². The van der Waals surface area contributed by atoms with Crippen LogP contribution >= 0.6 is 11.6 Å². The van der Waals surface area contributed by atoms with Gasteiger partial charge in [-0.15, -0.1) is 0 Å². The van der Waals surface area contributed by atoms with Crippen LogP contribution in [0.25, 0.3) is 10.9 Å². The smallest absolute Gasteiger partial charge is 0.254 e. The minimum absolute atomic E-state index is 0.00182. The Labute approximate surface area is 145 Å². The Morgan fingerprint density at radius 2 is 2.21 bits per heavy atom. The van der Waals surface area contributed by atoms with Crippen molar-refractivity contribution in [2.24, 2.45) is 7.05 Å². The minimum atomic E-state index is -0.00182.